The molecule has 2 N–H and O–H groups in total. The zero-order chi connectivity index (χ0) is 11.4. The molecule has 0 bridgehead atoms. The summed E-state index contributed by atoms with van der Waals surface area (Å²) >= 11 is 3.37. The fourth-order valence-corrected chi connectivity index (χ4v) is 2.10. The van der Waals surface area contributed by atoms with E-state index in [2.05, 4.69) is 29.8 Å². The molecule has 0 aromatic heterocycles. The molecule has 0 radical (unpaired) electrons. The van der Waals surface area contributed by atoms with Crippen LogP contribution in [-0.2, 0) is 6.42 Å². The van der Waals surface area contributed by atoms with E-state index in [1.165, 1.54) is 12.1 Å². The van der Waals surface area contributed by atoms with Crippen LogP contribution in [0.1, 0.15) is 25.8 Å². The molecule has 84 valence electrons. The Kier molecular flexibility index (Phi) is 4.74. The van der Waals surface area contributed by atoms with E-state index in [0.717, 1.165) is 22.9 Å². The van der Waals surface area contributed by atoms with Gasteiger partial charge in [-0.3, -0.25) is 0 Å². The molecule has 15 heavy (non-hydrogen) atoms. The molecule has 0 aliphatic rings. The summed E-state index contributed by atoms with van der Waals surface area (Å²) < 4.78 is 13.7. The molecule has 1 rings (SSSR count). The summed E-state index contributed by atoms with van der Waals surface area (Å²) in [5.74, 6) is 0.204. The Bertz CT molecular complexity index is 327. The number of hydrogen-bond donors (Lipinski definition) is 1. The zero-order valence-electron chi connectivity index (χ0n) is 9.13. The summed E-state index contributed by atoms with van der Waals surface area (Å²) in [5, 5.41) is 0. The summed E-state index contributed by atoms with van der Waals surface area (Å²) in [7, 11) is 0. The van der Waals surface area contributed by atoms with Crippen molar-refractivity contribution in [3.05, 3.63) is 34.1 Å². The van der Waals surface area contributed by atoms with Gasteiger partial charge in [-0.15, -0.1) is 0 Å². The van der Waals surface area contributed by atoms with Crippen LogP contribution in [0.25, 0.3) is 0 Å². The molecule has 0 aliphatic heterocycles. The van der Waals surface area contributed by atoms with Crippen molar-refractivity contribution in [1.82, 2.24) is 0 Å². The van der Waals surface area contributed by atoms with Gasteiger partial charge in [-0.2, -0.15) is 0 Å². The quantitative estimate of drug-likeness (QED) is 0.893. The van der Waals surface area contributed by atoms with E-state index in [4.69, 9.17) is 5.73 Å². The predicted molar refractivity (Wildman–Crippen MR) is 65.2 cm³/mol. The van der Waals surface area contributed by atoms with Crippen molar-refractivity contribution in [1.29, 1.82) is 0 Å². The lowest BCUT2D eigenvalue weighted by molar-refractivity contribution is 0.441. The van der Waals surface area contributed by atoms with Crippen molar-refractivity contribution >= 4 is 15.9 Å². The van der Waals surface area contributed by atoms with Gasteiger partial charge in [-0.25, -0.2) is 4.39 Å². The van der Waals surface area contributed by atoms with Gasteiger partial charge in [0.15, 0.2) is 0 Å². The third-order valence-electron chi connectivity index (χ3n) is 2.76. The largest absolute Gasteiger partial charge is 0.327 e. The van der Waals surface area contributed by atoms with Crippen LogP contribution in [0.4, 0.5) is 4.39 Å². The average molecular weight is 274 g/mol. The first-order valence-electron chi connectivity index (χ1n) is 5.24. The van der Waals surface area contributed by atoms with Gasteiger partial charge in [-0.05, 0) is 36.5 Å². The maximum Gasteiger partial charge on any atom is 0.124 e. The first kappa shape index (κ1) is 12.7. The third kappa shape index (κ3) is 3.58. The van der Waals surface area contributed by atoms with Gasteiger partial charge in [0.2, 0.25) is 0 Å². The SMILES string of the molecule is CCC(N)C(C)Cc1ccc(F)cc1Br. The normalized spacial score (nSPS) is 15.0. The molecule has 0 saturated carbocycles. The Morgan fingerprint density at radius 1 is 1.47 bits per heavy atom. The Morgan fingerprint density at radius 2 is 2.13 bits per heavy atom. The van der Waals surface area contributed by atoms with Crippen molar-refractivity contribution in [3.8, 4) is 0 Å². The topological polar surface area (TPSA) is 26.0 Å². The highest BCUT2D eigenvalue weighted by Gasteiger charge is 2.13. The molecule has 0 heterocycles. The van der Waals surface area contributed by atoms with Gasteiger partial charge < -0.3 is 5.73 Å². The van der Waals surface area contributed by atoms with Gasteiger partial charge in [0.05, 0.1) is 0 Å². The number of halogens is 2. The van der Waals surface area contributed by atoms with Crippen LogP contribution < -0.4 is 5.73 Å². The number of nitrogens with two attached hydrogens (primary N) is 1. The van der Waals surface area contributed by atoms with Crippen molar-refractivity contribution in [3.63, 3.8) is 0 Å². The highest BCUT2D eigenvalue weighted by atomic mass is 79.9. The van der Waals surface area contributed by atoms with Gasteiger partial charge in [0.25, 0.3) is 0 Å². The van der Waals surface area contributed by atoms with E-state index in [9.17, 15) is 4.39 Å². The molecule has 1 nitrogen and oxygen atoms in total. The first-order valence-corrected chi connectivity index (χ1v) is 6.03. The minimum absolute atomic E-state index is 0.210. The van der Waals surface area contributed by atoms with Crippen molar-refractivity contribution in [2.45, 2.75) is 32.7 Å². The van der Waals surface area contributed by atoms with E-state index in [0.29, 0.717) is 5.92 Å². The van der Waals surface area contributed by atoms with Crippen LogP contribution in [0.3, 0.4) is 0 Å². The lowest BCUT2D eigenvalue weighted by Crippen LogP contribution is -2.28. The van der Waals surface area contributed by atoms with E-state index >= 15 is 0 Å². The fourth-order valence-electron chi connectivity index (χ4n) is 1.59. The second kappa shape index (κ2) is 5.61. The monoisotopic (exact) mass is 273 g/mol. The molecule has 0 aliphatic carbocycles. The first-order chi connectivity index (χ1) is 7.04. The number of benzene rings is 1. The smallest absolute Gasteiger partial charge is 0.124 e. The maximum absolute atomic E-state index is 12.9. The third-order valence-corrected chi connectivity index (χ3v) is 3.50. The second-order valence-electron chi connectivity index (χ2n) is 3.99. The van der Waals surface area contributed by atoms with Crippen LogP contribution >= 0.6 is 15.9 Å². The molecule has 0 spiro atoms. The van der Waals surface area contributed by atoms with Crippen LogP contribution in [0.2, 0.25) is 0 Å². The second-order valence-corrected chi connectivity index (χ2v) is 4.84. The Balaban J connectivity index is 2.72. The number of hydrogen-bond acceptors (Lipinski definition) is 1. The van der Waals surface area contributed by atoms with Gasteiger partial charge in [0.1, 0.15) is 5.82 Å². The summed E-state index contributed by atoms with van der Waals surface area (Å²) in [6, 6.07) is 5.02. The average Bonchev–Trinajstić information content (AvgIpc) is 2.20. The van der Waals surface area contributed by atoms with E-state index in [1.807, 2.05) is 6.07 Å². The summed E-state index contributed by atoms with van der Waals surface area (Å²) in [5.41, 5.74) is 7.07. The van der Waals surface area contributed by atoms with E-state index in [-0.39, 0.29) is 11.9 Å². The molecular weight excluding hydrogens is 257 g/mol. The molecule has 0 amide bonds. The Hall–Kier alpha value is -0.410. The van der Waals surface area contributed by atoms with Crippen molar-refractivity contribution in [2.75, 3.05) is 0 Å². The van der Waals surface area contributed by atoms with Gasteiger partial charge >= 0.3 is 0 Å². The molecular formula is C12H17BrFN. The maximum atomic E-state index is 12.9. The van der Waals surface area contributed by atoms with Gasteiger partial charge in [0, 0.05) is 10.5 Å². The van der Waals surface area contributed by atoms with Crippen LogP contribution in [0.5, 0.6) is 0 Å². The summed E-state index contributed by atoms with van der Waals surface area (Å²) in [4.78, 5) is 0. The Morgan fingerprint density at radius 3 is 2.67 bits per heavy atom. The van der Waals surface area contributed by atoms with Crippen LogP contribution in [0, 0.1) is 11.7 Å². The van der Waals surface area contributed by atoms with E-state index in [1.54, 1.807) is 0 Å². The lowest BCUT2D eigenvalue weighted by atomic mass is 9.93. The predicted octanol–water partition coefficient (Wildman–Crippen LogP) is 3.50. The summed E-state index contributed by atoms with van der Waals surface area (Å²) in [6.07, 6.45) is 1.86. The molecule has 1 aromatic carbocycles. The lowest BCUT2D eigenvalue weighted by Gasteiger charge is -2.18. The van der Waals surface area contributed by atoms with Crippen molar-refractivity contribution < 1.29 is 4.39 Å². The molecule has 0 fully saturated rings. The molecule has 2 atom stereocenters. The molecule has 2 unspecified atom stereocenters. The van der Waals surface area contributed by atoms with Crippen LogP contribution in [-0.4, -0.2) is 6.04 Å². The highest BCUT2D eigenvalue weighted by Crippen LogP contribution is 2.22. The fraction of sp³-hybridized carbons (Fsp3) is 0.500. The minimum atomic E-state index is -0.210. The Labute approximate surface area is 99.0 Å². The molecule has 1 aromatic rings. The van der Waals surface area contributed by atoms with E-state index < -0.39 is 0 Å². The minimum Gasteiger partial charge on any atom is -0.327 e. The van der Waals surface area contributed by atoms with Crippen molar-refractivity contribution in [2.24, 2.45) is 11.7 Å². The number of rotatable bonds is 4. The zero-order valence-corrected chi connectivity index (χ0v) is 10.7. The van der Waals surface area contributed by atoms with Gasteiger partial charge in [-0.1, -0.05) is 35.8 Å². The highest BCUT2D eigenvalue weighted by molar-refractivity contribution is 9.10. The molecule has 0 saturated heterocycles. The summed E-state index contributed by atoms with van der Waals surface area (Å²) in [6.45, 7) is 4.21. The standard InChI is InChI=1S/C12H17BrFN/c1-3-12(15)8(2)6-9-4-5-10(14)7-11(9)13/h4-5,7-8,12H,3,6,15H2,1-2H3. The van der Waals surface area contributed by atoms with Crippen LogP contribution in [0.15, 0.2) is 22.7 Å². The molecule has 3 heteroatoms.